The number of unbranched alkanes of at least 4 members (excludes halogenated alkanes) is 2. The van der Waals surface area contributed by atoms with Crippen LogP contribution in [-0.2, 0) is 11.3 Å². The summed E-state index contributed by atoms with van der Waals surface area (Å²) in [5, 5.41) is 0. The van der Waals surface area contributed by atoms with Crippen molar-refractivity contribution in [1.82, 2.24) is 4.57 Å². The molecule has 108 valence electrons. The molecule has 0 aliphatic rings. The third-order valence-corrected chi connectivity index (χ3v) is 2.73. The summed E-state index contributed by atoms with van der Waals surface area (Å²) in [6.45, 7) is 4.74. The van der Waals surface area contributed by atoms with Crippen LogP contribution in [0, 0.1) is 0 Å². The molecule has 0 aliphatic carbocycles. The first kappa shape index (κ1) is 15.7. The Balaban J connectivity index is 2.47. The number of ether oxygens (including phenoxy) is 2. The number of nitrogens with zero attached hydrogens (tertiary/aromatic N) is 1. The minimum atomic E-state index is -0.102. The summed E-state index contributed by atoms with van der Waals surface area (Å²) in [6, 6.07) is 3.53. The van der Waals surface area contributed by atoms with E-state index >= 15 is 0 Å². The number of aromatic nitrogens is 1. The Hall–Kier alpha value is -1.33. The second-order valence-electron chi connectivity index (χ2n) is 4.33. The summed E-state index contributed by atoms with van der Waals surface area (Å²) in [4.78, 5) is 12.1. The van der Waals surface area contributed by atoms with Crippen molar-refractivity contribution in [1.29, 1.82) is 0 Å². The standard InChI is InChI=1S/C14H24N2O3/c1-2-3-4-10-19-13-6-5-8-16(14(13)17)9-12-18-11-7-15/h5-6,8H,2-4,7,9-12,15H2,1H3. The first-order chi connectivity index (χ1) is 9.29. The van der Waals surface area contributed by atoms with Gasteiger partial charge in [-0.25, -0.2) is 0 Å². The zero-order valence-corrected chi connectivity index (χ0v) is 11.6. The summed E-state index contributed by atoms with van der Waals surface area (Å²) in [5.41, 5.74) is 5.23. The molecule has 5 nitrogen and oxygen atoms in total. The molecule has 0 aromatic carbocycles. The second-order valence-corrected chi connectivity index (χ2v) is 4.33. The highest BCUT2D eigenvalue weighted by molar-refractivity contribution is 5.17. The van der Waals surface area contributed by atoms with Crippen molar-refractivity contribution in [3.8, 4) is 5.75 Å². The molecule has 1 heterocycles. The maximum atomic E-state index is 12.1. The van der Waals surface area contributed by atoms with Gasteiger partial charge in [-0.05, 0) is 18.6 Å². The molecule has 0 atom stereocenters. The van der Waals surface area contributed by atoms with Crippen LogP contribution in [0.5, 0.6) is 5.75 Å². The molecule has 0 aliphatic heterocycles. The van der Waals surface area contributed by atoms with Crippen molar-refractivity contribution in [3.63, 3.8) is 0 Å². The number of rotatable bonds is 10. The van der Waals surface area contributed by atoms with Gasteiger partial charge in [0.1, 0.15) is 0 Å². The first-order valence-electron chi connectivity index (χ1n) is 6.89. The SMILES string of the molecule is CCCCCOc1cccn(CCOCCN)c1=O. The lowest BCUT2D eigenvalue weighted by Gasteiger charge is -2.09. The smallest absolute Gasteiger partial charge is 0.292 e. The fraction of sp³-hybridized carbons (Fsp3) is 0.643. The van der Waals surface area contributed by atoms with Crippen molar-refractivity contribution in [3.05, 3.63) is 28.7 Å². The quantitative estimate of drug-likeness (QED) is 0.651. The Morgan fingerprint density at radius 1 is 1.26 bits per heavy atom. The van der Waals surface area contributed by atoms with Crippen LogP contribution in [0.4, 0.5) is 0 Å². The number of hydrogen-bond donors (Lipinski definition) is 1. The van der Waals surface area contributed by atoms with Crippen molar-refractivity contribution in [2.24, 2.45) is 5.73 Å². The maximum Gasteiger partial charge on any atom is 0.292 e. The molecule has 0 fully saturated rings. The molecule has 1 rings (SSSR count). The fourth-order valence-corrected chi connectivity index (χ4v) is 1.68. The van der Waals surface area contributed by atoms with E-state index in [1.807, 2.05) is 6.07 Å². The first-order valence-corrected chi connectivity index (χ1v) is 6.89. The van der Waals surface area contributed by atoms with E-state index in [-0.39, 0.29) is 5.56 Å². The Morgan fingerprint density at radius 3 is 2.84 bits per heavy atom. The molecule has 0 amide bonds. The van der Waals surface area contributed by atoms with E-state index in [2.05, 4.69) is 6.92 Å². The van der Waals surface area contributed by atoms with E-state index in [0.29, 0.717) is 38.7 Å². The van der Waals surface area contributed by atoms with Crippen LogP contribution in [-0.4, -0.2) is 30.9 Å². The van der Waals surface area contributed by atoms with Gasteiger partial charge in [0, 0.05) is 19.3 Å². The van der Waals surface area contributed by atoms with Gasteiger partial charge in [0.15, 0.2) is 5.75 Å². The van der Waals surface area contributed by atoms with Crippen molar-refractivity contribution < 1.29 is 9.47 Å². The zero-order chi connectivity index (χ0) is 13.9. The van der Waals surface area contributed by atoms with Gasteiger partial charge in [-0.3, -0.25) is 4.79 Å². The van der Waals surface area contributed by atoms with Crippen LogP contribution < -0.4 is 16.0 Å². The lowest BCUT2D eigenvalue weighted by molar-refractivity contribution is 0.132. The zero-order valence-electron chi connectivity index (χ0n) is 11.6. The average molecular weight is 268 g/mol. The molecular formula is C14H24N2O3. The van der Waals surface area contributed by atoms with Gasteiger partial charge < -0.3 is 19.8 Å². The molecule has 0 unspecified atom stereocenters. The van der Waals surface area contributed by atoms with Crippen LogP contribution in [0.2, 0.25) is 0 Å². The Kier molecular flexibility index (Phi) is 7.93. The lowest BCUT2D eigenvalue weighted by atomic mass is 10.3. The van der Waals surface area contributed by atoms with Gasteiger partial charge in [-0.15, -0.1) is 0 Å². The number of nitrogens with two attached hydrogens (primary N) is 1. The molecule has 1 aromatic heterocycles. The topological polar surface area (TPSA) is 66.5 Å². The highest BCUT2D eigenvalue weighted by atomic mass is 16.5. The summed E-state index contributed by atoms with van der Waals surface area (Å²) in [7, 11) is 0. The highest BCUT2D eigenvalue weighted by Gasteiger charge is 2.03. The lowest BCUT2D eigenvalue weighted by Crippen LogP contribution is -2.24. The third kappa shape index (κ3) is 5.89. The second kappa shape index (κ2) is 9.58. The molecule has 2 N–H and O–H groups in total. The molecule has 0 spiro atoms. The maximum absolute atomic E-state index is 12.1. The molecule has 19 heavy (non-hydrogen) atoms. The van der Waals surface area contributed by atoms with E-state index < -0.39 is 0 Å². The van der Waals surface area contributed by atoms with Crippen molar-refractivity contribution >= 4 is 0 Å². The number of pyridine rings is 1. The average Bonchev–Trinajstić information content (AvgIpc) is 2.43. The molecule has 0 bridgehead atoms. The minimum Gasteiger partial charge on any atom is -0.488 e. The highest BCUT2D eigenvalue weighted by Crippen LogP contribution is 2.04. The van der Waals surface area contributed by atoms with E-state index in [4.69, 9.17) is 15.2 Å². The third-order valence-electron chi connectivity index (χ3n) is 2.73. The molecular weight excluding hydrogens is 244 g/mol. The van der Waals surface area contributed by atoms with Crippen LogP contribution in [0.25, 0.3) is 0 Å². The van der Waals surface area contributed by atoms with Gasteiger partial charge in [0.2, 0.25) is 0 Å². The molecule has 5 heteroatoms. The predicted octanol–water partition coefficient (Wildman–Crippen LogP) is 1.39. The van der Waals surface area contributed by atoms with Crippen molar-refractivity contribution in [2.75, 3.05) is 26.4 Å². The summed E-state index contributed by atoms with van der Waals surface area (Å²) >= 11 is 0. The predicted molar refractivity (Wildman–Crippen MR) is 75.6 cm³/mol. The Morgan fingerprint density at radius 2 is 2.11 bits per heavy atom. The van der Waals surface area contributed by atoms with Gasteiger partial charge in [0.05, 0.1) is 19.8 Å². The van der Waals surface area contributed by atoms with Gasteiger partial charge in [0.25, 0.3) is 5.56 Å². The largest absolute Gasteiger partial charge is 0.488 e. The molecule has 0 saturated heterocycles. The molecule has 0 radical (unpaired) electrons. The summed E-state index contributed by atoms with van der Waals surface area (Å²) in [5.74, 6) is 0.414. The number of hydrogen-bond acceptors (Lipinski definition) is 4. The summed E-state index contributed by atoms with van der Waals surface area (Å²) in [6.07, 6.45) is 4.98. The van der Waals surface area contributed by atoms with Crippen LogP contribution in [0.3, 0.4) is 0 Å². The summed E-state index contributed by atoms with van der Waals surface area (Å²) < 4.78 is 12.4. The van der Waals surface area contributed by atoms with E-state index in [9.17, 15) is 4.79 Å². The van der Waals surface area contributed by atoms with E-state index in [1.165, 1.54) is 0 Å². The van der Waals surface area contributed by atoms with Crippen LogP contribution in [0.1, 0.15) is 26.2 Å². The van der Waals surface area contributed by atoms with E-state index in [1.54, 1.807) is 16.8 Å². The normalized spacial score (nSPS) is 10.6. The van der Waals surface area contributed by atoms with Gasteiger partial charge >= 0.3 is 0 Å². The van der Waals surface area contributed by atoms with Gasteiger partial charge in [-0.2, -0.15) is 0 Å². The fourth-order valence-electron chi connectivity index (χ4n) is 1.68. The Bertz CT molecular complexity index is 371. The molecule has 0 saturated carbocycles. The van der Waals surface area contributed by atoms with Crippen molar-refractivity contribution in [2.45, 2.75) is 32.7 Å². The Labute approximate surface area is 114 Å². The monoisotopic (exact) mass is 268 g/mol. The molecule has 1 aromatic rings. The van der Waals surface area contributed by atoms with Gasteiger partial charge in [-0.1, -0.05) is 19.8 Å². The van der Waals surface area contributed by atoms with E-state index in [0.717, 1.165) is 19.3 Å². The van der Waals surface area contributed by atoms with Crippen LogP contribution in [0.15, 0.2) is 23.1 Å². The van der Waals surface area contributed by atoms with Crippen LogP contribution >= 0.6 is 0 Å². The minimum absolute atomic E-state index is 0.102.